The molecule has 6 rings (SSSR count). The fourth-order valence-electron chi connectivity index (χ4n) is 6.17. The van der Waals surface area contributed by atoms with Gasteiger partial charge < -0.3 is 14.5 Å². The Kier molecular flexibility index (Phi) is 4.60. The normalized spacial score (nSPS) is 31.0. The van der Waals surface area contributed by atoms with Crippen molar-refractivity contribution in [1.82, 2.24) is 10.3 Å². The standard InChI is InChI=1S/C23H28N2O4/c1-14(22(27)25-23-11-15-8-16(12-23)10-17(9-15)13-23)28-21(26)7-6-20-24-18-4-2-3-5-19(18)29-20/h2-5,14-17H,6-13H2,1H3,(H,25,27)/t14-,15?,16?,17?,23?/m1/s1. The number of rotatable bonds is 6. The number of hydrogen-bond acceptors (Lipinski definition) is 5. The van der Waals surface area contributed by atoms with E-state index in [1.54, 1.807) is 6.92 Å². The summed E-state index contributed by atoms with van der Waals surface area (Å²) in [6, 6.07) is 7.50. The van der Waals surface area contributed by atoms with Gasteiger partial charge in [0, 0.05) is 12.0 Å². The monoisotopic (exact) mass is 396 g/mol. The van der Waals surface area contributed by atoms with Gasteiger partial charge in [0.2, 0.25) is 0 Å². The number of benzene rings is 1. The lowest BCUT2D eigenvalue weighted by Crippen LogP contribution is -2.61. The van der Waals surface area contributed by atoms with Gasteiger partial charge >= 0.3 is 5.97 Å². The molecule has 2 aromatic rings. The summed E-state index contributed by atoms with van der Waals surface area (Å²) in [4.78, 5) is 29.3. The van der Waals surface area contributed by atoms with Crippen LogP contribution in [0.4, 0.5) is 0 Å². The number of carbonyl (C=O) groups is 2. The predicted octanol–water partition coefficient (Wildman–Crippen LogP) is 3.78. The summed E-state index contributed by atoms with van der Waals surface area (Å²) in [5, 5.41) is 3.27. The van der Waals surface area contributed by atoms with Crippen molar-refractivity contribution >= 4 is 23.0 Å². The first-order valence-corrected chi connectivity index (χ1v) is 10.8. The minimum atomic E-state index is -0.779. The number of oxazole rings is 1. The van der Waals surface area contributed by atoms with E-state index in [2.05, 4.69) is 10.3 Å². The highest BCUT2D eigenvalue weighted by atomic mass is 16.5. The van der Waals surface area contributed by atoms with Crippen LogP contribution < -0.4 is 5.32 Å². The predicted molar refractivity (Wildman–Crippen MR) is 107 cm³/mol. The van der Waals surface area contributed by atoms with Crippen LogP contribution in [0.15, 0.2) is 28.7 Å². The molecule has 6 heteroatoms. The molecule has 29 heavy (non-hydrogen) atoms. The van der Waals surface area contributed by atoms with Crippen molar-refractivity contribution in [3.8, 4) is 0 Å². The van der Waals surface area contributed by atoms with E-state index < -0.39 is 12.1 Å². The van der Waals surface area contributed by atoms with Crippen molar-refractivity contribution in [2.45, 2.75) is 69.9 Å². The van der Waals surface area contributed by atoms with Crippen molar-refractivity contribution in [1.29, 1.82) is 0 Å². The second kappa shape index (κ2) is 7.15. The molecule has 4 fully saturated rings. The molecule has 0 radical (unpaired) electrons. The number of amides is 1. The van der Waals surface area contributed by atoms with Crippen LogP contribution in [0.5, 0.6) is 0 Å². The number of para-hydroxylation sites is 2. The third-order valence-electron chi connectivity index (χ3n) is 6.99. The van der Waals surface area contributed by atoms with E-state index in [1.807, 2.05) is 24.3 Å². The van der Waals surface area contributed by atoms with Gasteiger partial charge in [0.1, 0.15) is 5.52 Å². The van der Waals surface area contributed by atoms with Gasteiger partial charge in [0.25, 0.3) is 5.91 Å². The molecule has 1 aromatic carbocycles. The Morgan fingerprint density at radius 3 is 2.48 bits per heavy atom. The van der Waals surface area contributed by atoms with E-state index in [0.717, 1.165) is 42.5 Å². The first kappa shape index (κ1) is 18.6. The fourth-order valence-corrected chi connectivity index (χ4v) is 6.17. The Morgan fingerprint density at radius 1 is 1.17 bits per heavy atom. The molecule has 1 aromatic heterocycles. The Morgan fingerprint density at radius 2 is 1.83 bits per heavy atom. The number of hydrogen-bond donors (Lipinski definition) is 1. The summed E-state index contributed by atoms with van der Waals surface area (Å²) in [7, 11) is 0. The number of ether oxygens (including phenoxy) is 1. The lowest BCUT2D eigenvalue weighted by Gasteiger charge is -2.57. The van der Waals surface area contributed by atoms with Crippen LogP contribution in [0, 0.1) is 17.8 Å². The lowest BCUT2D eigenvalue weighted by atomic mass is 9.53. The first-order chi connectivity index (χ1) is 14.0. The largest absolute Gasteiger partial charge is 0.453 e. The molecule has 1 N–H and O–H groups in total. The lowest BCUT2D eigenvalue weighted by molar-refractivity contribution is -0.156. The van der Waals surface area contributed by atoms with Crippen LogP contribution in [-0.4, -0.2) is 28.5 Å². The number of esters is 1. The highest BCUT2D eigenvalue weighted by Crippen LogP contribution is 2.55. The number of aromatic nitrogens is 1. The molecule has 0 saturated heterocycles. The number of nitrogens with zero attached hydrogens (tertiary/aromatic N) is 1. The number of nitrogens with one attached hydrogen (secondary N) is 1. The smallest absolute Gasteiger partial charge is 0.307 e. The molecule has 4 aliphatic rings. The second-order valence-corrected chi connectivity index (χ2v) is 9.39. The van der Waals surface area contributed by atoms with Crippen LogP contribution in [0.3, 0.4) is 0 Å². The Hall–Kier alpha value is -2.37. The van der Waals surface area contributed by atoms with E-state index in [9.17, 15) is 9.59 Å². The third kappa shape index (κ3) is 3.77. The van der Waals surface area contributed by atoms with Crippen LogP contribution in [0.25, 0.3) is 11.1 Å². The topological polar surface area (TPSA) is 81.4 Å². The van der Waals surface area contributed by atoms with Gasteiger partial charge in [-0.25, -0.2) is 4.98 Å². The zero-order valence-electron chi connectivity index (χ0n) is 16.9. The maximum atomic E-state index is 12.7. The number of fused-ring (bicyclic) bond motifs is 1. The van der Waals surface area contributed by atoms with Crippen LogP contribution >= 0.6 is 0 Å². The van der Waals surface area contributed by atoms with Gasteiger partial charge in [-0.3, -0.25) is 9.59 Å². The molecule has 154 valence electrons. The highest BCUT2D eigenvalue weighted by Gasteiger charge is 2.51. The minimum absolute atomic E-state index is 0.0648. The van der Waals surface area contributed by atoms with Crippen LogP contribution in [-0.2, 0) is 20.7 Å². The first-order valence-electron chi connectivity index (χ1n) is 10.8. The molecule has 1 atom stereocenters. The second-order valence-electron chi connectivity index (χ2n) is 9.39. The Bertz CT molecular complexity index is 866. The Labute approximate surface area is 170 Å². The molecular formula is C23H28N2O4. The van der Waals surface area contributed by atoms with E-state index in [0.29, 0.717) is 17.9 Å². The average molecular weight is 396 g/mol. The molecule has 4 aliphatic carbocycles. The molecule has 4 saturated carbocycles. The molecule has 4 bridgehead atoms. The van der Waals surface area contributed by atoms with Crippen molar-refractivity contribution < 1.29 is 18.7 Å². The Balaban J connectivity index is 1.13. The summed E-state index contributed by atoms with van der Waals surface area (Å²) in [5.41, 5.74) is 1.42. The average Bonchev–Trinajstić information content (AvgIpc) is 3.08. The third-order valence-corrected chi connectivity index (χ3v) is 6.99. The summed E-state index contributed by atoms with van der Waals surface area (Å²) < 4.78 is 11.0. The summed E-state index contributed by atoms with van der Waals surface area (Å²) in [6.45, 7) is 1.66. The van der Waals surface area contributed by atoms with Gasteiger partial charge in [0.15, 0.2) is 17.6 Å². The molecule has 1 amide bonds. The van der Waals surface area contributed by atoms with Crippen LogP contribution in [0.2, 0.25) is 0 Å². The maximum absolute atomic E-state index is 12.7. The minimum Gasteiger partial charge on any atom is -0.453 e. The molecule has 6 nitrogen and oxygen atoms in total. The summed E-state index contributed by atoms with van der Waals surface area (Å²) in [5.74, 6) is 2.22. The van der Waals surface area contributed by atoms with Gasteiger partial charge in [-0.15, -0.1) is 0 Å². The fraction of sp³-hybridized carbons (Fsp3) is 0.609. The highest BCUT2D eigenvalue weighted by molar-refractivity contribution is 5.84. The van der Waals surface area contributed by atoms with E-state index >= 15 is 0 Å². The number of aryl methyl sites for hydroxylation is 1. The van der Waals surface area contributed by atoms with Crippen molar-refractivity contribution in [3.05, 3.63) is 30.2 Å². The van der Waals surface area contributed by atoms with Gasteiger partial charge in [-0.05, 0) is 75.3 Å². The zero-order valence-corrected chi connectivity index (χ0v) is 16.9. The molecular weight excluding hydrogens is 368 g/mol. The maximum Gasteiger partial charge on any atom is 0.307 e. The van der Waals surface area contributed by atoms with E-state index in [1.165, 1.54) is 19.3 Å². The van der Waals surface area contributed by atoms with Crippen molar-refractivity contribution in [2.24, 2.45) is 17.8 Å². The quantitative estimate of drug-likeness (QED) is 0.752. The van der Waals surface area contributed by atoms with Crippen LogP contribution in [0.1, 0.15) is 57.8 Å². The van der Waals surface area contributed by atoms with E-state index in [4.69, 9.17) is 9.15 Å². The number of carbonyl (C=O) groups excluding carboxylic acids is 2. The van der Waals surface area contributed by atoms with E-state index in [-0.39, 0.29) is 17.9 Å². The molecule has 0 aliphatic heterocycles. The summed E-state index contributed by atoms with van der Waals surface area (Å²) >= 11 is 0. The molecule has 0 spiro atoms. The molecule has 1 heterocycles. The zero-order chi connectivity index (χ0) is 20.0. The van der Waals surface area contributed by atoms with Gasteiger partial charge in [-0.2, -0.15) is 0 Å². The van der Waals surface area contributed by atoms with Crippen molar-refractivity contribution in [3.63, 3.8) is 0 Å². The van der Waals surface area contributed by atoms with Crippen molar-refractivity contribution in [2.75, 3.05) is 0 Å². The SMILES string of the molecule is C[C@@H](OC(=O)CCc1nc2ccccc2o1)C(=O)NC12CC3CC(CC(C3)C1)C2. The van der Waals surface area contributed by atoms with Gasteiger partial charge in [-0.1, -0.05) is 12.1 Å². The van der Waals surface area contributed by atoms with Gasteiger partial charge in [0.05, 0.1) is 6.42 Å². The molecule has 0 unspecified atom stereocenters. The summed E-state index contributed by atoms with van der Waals surface area (Å²) in [6.07, 6.45) is 6.97.